The van der Waals surface area contributed by atoms with E-state index in [0.717, 1.165) is 50.2 Å². The van der Waals surface area contributed by atoms with E-state index in [4.69, 9.17) is 4.42 Å². The number of hydrogen-bond donors (Lipinski definition) is 0. The number of anilines is 3. The molecule has 11 aromatic carbocycles. The highest BCUT2D eigenvalue weighted by atomic mass is 16.3. The standard InChI is InChI=1S/C67H44N2O/c1-5-17-45(18-6-1)47-29-33-51(34-30-47)68(53-37-39-57-56-26-14-16-28-63(56)69(64(57)41-53)52-35-31-48(32-36-52)46-19-7-2-8-20-46)54-38-40-58-60-43-59-55-25-13-15-27-61(55)67(49-21-9-3-10-22-49,50-23-11-4-12-24-50)62(59)44-66(60)70-65(58)42-54/h1-44H. The second kappa shape index (κ2) is 16.0. The van der Waals surface area contributed by atoms with Gasteiger partial charge in [-0.1, -0.05) is 194 Å². The molecule has 2 heterocycles. The molecule has 0 atom stereocenters. The van der Waals surface area contributed by atoms with Crippen molar-refractivity contribution in [3.05, 3.63) is 289 Å². The summed E-state index contributed by atoms with van der Waals surface area (Å²) >= 11 is 0. The van der Waals surface area contributed by atoms with Crippen LogP contribution in [0, 0.1) is 0 Å². The molecule has 0 unspecified atom stereocenters. The summed E-state index contributed by atoms with van der Waals surface area (Å²) < 4.78 is 9.49. The van der Waals surface area contributed by atoms with Gasteiger partial charge in [0.1, 0.15) is 11.2 Å². The number of benzene rings is 11. The van der Waals surface area contributed by atoms with Crippen LogP contribution < -0.4 is 4.90 Å². The highest BCUT2D eigenvalue weighted by Crippen LogP contribution is 2.57. The summed E-state index contributed by atoms with van der Waals surface area (Å²) in [6.45, 7) is 0. The number of fused-ring (bicyclic) bond motifs is 9. The van der Waals surface area contributed by atoms with E-state index in [-0.39, 0.29) is 0 Å². The number of nitrogens with zero attached hydrogens (tertiary/aromatic N) is 2. The Balaban J connectivity index is 0.953. The van der Waals surface area contributed by atoms with Crippen molar-refractivity contribution in [3.63, 3.8) is 0 Å². The summed E-state index contributed by atoms with van der Waals surface area (Å²) in [6.07, 6.45) is 0. The minimum absolute atomic E-state index is 0.513. The minimum atomic E-state index is -0.513. The van der Waals surface area contributed by atoms with Crippen molar-refractivity contribution in [1.29, 1.82) is 0 Å². The van der Waals surface area contributed by atoms with Crippen molar-refractivity contribution in [2.75, 3.05) is 4.90 Å². The van der Waals surface area contributed by atoms with Crippen molar-refractivity contribution in [3.8, 4) is 39.1 Å². The van der Waals surface area contributed by atoms with E-state index in [0.29, 0.717) is 0 Å². The Bertz CT molecular complexity index is 4040. The van der Waals surface area contributed by atoms with Gasteiger partial charge in [-0.2, -0.15) is 0 Å². The molecule has 0 N–H and O–H groups in total. The fraction of sp³-hybridized carbons (Fsp3) is 0.0149. The van der Waals surface area contributed by atoms with E-state index >= 15 is 0 Å². The molecule has 14 rings (SSSR count). The van der Waals surface area contributed by atoms with Crippen molar-refractivity contribution in [1.82, 2.24) is 4.57 Å². The van der Waals surface area contributed by atoms with E-state index in [1.54, 1.807) is 0 Å². The smallest absolute Gasteiger partial charge is 0.137 e. The van der Waals surface area contributed by atoms with E-state index in [1.165, 1.54) is 71.9 Å². The molecule has 0 spiro atoms. The summed E-state index contributed by atoms with van der Waals surface area (Å²) in [7, 11) is 0. The third-order valence-electron chi connectivity index (χ3n) is 14.7. The molecule has 0 saturated carbocycles. The van der Waals surface area contributed by atoms with Gasteiger partial charge < -0.3 is 13.9 Å². The van der Waals surface area contributed by atoms with Gasteiger partial charge in [-0.05, 0) is 122 Å². The molecule has 3 nitrogen and oxygen atoms in total. The predicted molar refractivity (Wildman–Crippen MR) is 291 cm³/mol. The zero-order valence-corrected chi connectivity index (χ0v) is 38.2. The van der Waals surface area contributed by atoms with Gasteiger partial charge in [0, 0.05) is 50.4 Å². The van der Waals surface area contributed by atoms with Crippen LogP contribution >= 0.6 is 0 Å². The molecule has 1 aliphatic carbocycles. The van der Waals surface area contributed by atoms with Crippen LogP contribution in [0.4, 0.5) is 17.1 Å². The quantitative estimate of drug-likeness (QED) is 0.152. The minimum Gasteiger partial charge on any atom is -0.456 e. The molecule has 0 bridgehead atoms. The first-order valence-corrected chi connectivity index (χ1v) is 24.1. The first-order valence-electron chi connectivity index (χ1n) is 24.1. The summed E-state index contributed by atoms with van der Waals surface area (Å²) in [5.41, 5.74) is 20.0. The van der Waals surface area contributed by atoms with Gasteiger partial charge in [-0.25, -0.2) is 0 Å². The van der Waals surface area contributed by atoms with Gasteiger partial charge in [0.05, 0.1) is 16.4 Å². The molecule has 0 aliphatic heterocycles. The SMILES string of the molecule is c1ccc(-c2ccc(N(c3ccc4c(c3)oc3cc5c(cc34)-c3ccccc3C5(c3ccccc3)c3ccccc3)c3ccc4c5ccccc5n(-c5ccc(-c6ccccc6)cc5)c4c3)cc2)cc1. The first-order chi connectivity index (χ1) is 34.7. The maximum atomic E-state index is 7.08. The highest BCUT2D eigenvalue weighted by Gasteiger charge is 2.46. The summed E-state index contributed by atoms with van der Waals surface area (Å²) in [4.78, 5) is 2.37. The highest BCUT2D eigenvalue weighted by molar-refractivity contribution is 6.12. The van der Waals surface area contributed by atoms with Crippen LogP contribution in [0.1, 0.15) is 22.3 Å². The molecule has 13 aromatic rings. The van der Waals surface area contributed by atoms with Crippen LogP contribution in [0.15, 0.2) is 271 Å². The molecule has 0 fully saturated rings. The van der Waals surface area contributed by atoms with E-state index in [2.05, 4.69) is 276 Å². The molecular formula is C67H44N2O. The fourth-order valence-corrected chi connectivity index (χ4v) is 11.5. The molecule has 1 aliphatic rings. The van der Waals surface area contributed by atoms with Crippen LogP contribution in [0.5, 0.6) is 0 Å². The summed E-state index contributed by atoms with van der Waals surface area (Å²) in [5, 5.41) is 4.62. The maximum Gasteiger partial charge on any atom is 0.137 e. The van der Waals surface area contributed by atoms with Gasteiger partial charge in [0.25, 0.3) is 0 Å². The largest absolute Gasteiger partial charge is 0.456 e. The molecule has 3 heteroatoms. The number of furan rings is 1. The molecular weight excluding hydrogens is 849 g/mol. The van der Waals surface area contributed by atoms with E-state index in [9.17, 15) is 0 Å². The Morgan fingerprint density at radius 3 is 1.49 bits per heavy atom. The lowest BCUT2D eigenvalue weighted by Gasteiger charge is -2.33. The van der Waals surface area contributed by atoms with Crippen LogP contribution in [0.25, 0.3) is 82.8 Å². The molecule has 0 amide bonds. The van der Waals surface area contributed by atoms with Gasteiger partial charge >= 0.3 is 0 Å². The zero-order chi connectivity index (χ0) is 46.2. The molecule has 70 heavy (non-hydrogen) atoms. The second-order valence-corrected chi connectivity index (χ2v) is 18.4. The van der Waals surface area contributed by atoms with Crippen LogP contribution in [0.3, 0.4) is 0 Å². The van der Waals surface area contributed by atoms with Gasteiger partial charge in [-0.15, -0.1) is 0 Å². The predicted octanol–water partition coefficient (Wildman–Crippen LogP) is 17.8. The third-order valence-corrected chi connectivity index (χ3v) is 14.7. The van der Waals surface area contributed by atoms with Crippen LogP contribution in [-0.4, -0.2) is 4.57 Å². The van der Waals surface area contributed by atoms with Crippen LogP contribution in [0.2, 0.25) is 0 Å². The Labute approximate surface area is 406 Å². The lowest BCUT2D eigenvalue weighted by Crippen LogP contribution is -2.28. The van der Waals surface area contributed by atoms with Gasteiger partial charge in [0.15, 0.2) is 0 Å². The monoisotopic (exact) mass is 892 g/mol. The Hall–Kier alpha value is -9.18. The van der Waals surface area contributed by atoms with Crippen molar-refractivity contribution < 1.29 is 4.42 Å². The normalized spacial score (nSPS) is 12.7. The molecule has 0 saturated heterocycles. The number of aromatic nitrogens is 1. The molecule has 0 radical (unpaired) electrons. The van der Waals surface area contributed by atoms with Crippen LogP contribution in [-0.2, 0) is 5.41 Å². The molecule has 328 valence electrons. The average molecular weight is 893 g/mol. The topological polar surface area (TPSA) is 21.3 Å². The number of rotatable bonds is 8. The summed E-state index contributed by atoms with van der Waals surface area (Å²) in [6, 6.07) is 97.0. The fourth-order valence-electron chi connectivity index (χ4n) is 11.5. The molecule has 2 aromatic heterocycles. The van der Waals surface area contributed by atoms with E-state index < -0.39 is 5.41 Å². The maximum absolute atomic E-state index is 7.08. The van der Waals surface area contributed by atoms with Crippen molar-refractivity contribution in [2.45, 2.75) is 5.41 Å². The Kier molecular flexibility index (Phi) is 9.11. The van der Waals surface area contributed by atoms with Gasteiger partial charge in [0.2, 0.25) is 0 Å². The van der Waals surface area contributed by atoms with E-state index in [1.807, 2.05) is 0 Å². The Morgan fingerprint density at radius 2 is 0.814 bits per heavy atom. The summed E-state index contributed by atoms with van der Waals surface area (Å²) in [5.74, 6) is 0. The lowest BCUT2D eigenvalue weighted by molar-refractivity contribution is 0.666. The number of hydrogen-bond acceptors (Lipinski definition) is 2. The third kappa shape index (κ3) is 6.15. The zero-order valence-electron chi connectivity index (χ0n) is 38.2. The number of para-hydroxylation sites is 1. The first kappa shape index (κ1) is 39.9. The Morgan fingerprint density at radius 1 is 0.314 bits per heavy atom. The lowest BCUT2D eigenvalue weighted by atomic mass is 9.67. The average Bonchev–Trinajstić information content (AvgIpc) is 4.07. The second-order valence-electron chi connectivity index (χ2n) is 18.4. The van der Waals surface area contributed by atoms with Crippen molar-refractivity contribution in [2.24, 2.45) is 0 Å². The van der Waals surface area contributed by atoms with Crippen molar-refractivity contribution >= 4 is 60.8 Å². The van der Waals surface area contributed by atoms with Gasteiger partial charge in [-0.3, -0.25) is 0 Å².